The summed E-state index contributed by atoms with van der Waals surface area (Å²) in [7, 11) is 0. The Morgan fingerprint density at radius 1 is 0.889 bits per heavy atom. The summed E-state index contributed by atoms with van der Waals surface area (Å²) in [6, 6.07) is 16.3. The Labute approximate surface area is 109 Å². The Kier molecular flexibility index (Phi) is 3.28. The van der Waals surface area contributed by atoms with Gasteiger partial charge in [-0.1, -0.05) is 30.3 Å². The quantitative estimate of drug-likeness (QED) is 0.774. The summed E-state index contributed by atoms with van der Waals surface area (Å²) < 4.78 is 0. The summed E-state index contributed by atoms with van der Waals surface area (Å²) >= 11 is 0. The van der Waals surface area contributed by atoms with Crippen LogP contribution in [0.15, 0.2) is 48.5 Å². The average Bonchev–Trinajstić information content (AvgIpc) is 2.29. The van der Waals surface area contributed by atoms with Gasteiger partial charge in [0, 0.05) is 22.5 Å². The van der Waals surface area contributed by atoms with E-state index >= 15 is 0 Å². The molecule has 0 amide bonds. The molecule has 0 aliphatic heterocycles. The van der Waals surface area contributed by atoms with Gasteiger partial charge in [-0.2, -0.15) is 0 Å². The SMILES string of the molecule is CC(C)(C)Nc1ccccc1-c1ccc(N)cc1. The van der Waals surface area contributed by atoms with Crippen molar-refractivity contribution in [3.05, 3.63) is 48.5 Å². The number of para-hydroxylation sites is 1. The summed E-state index contributed by atoms with van der Waals surface area (Å²) in [6.07, 6.45) is 0. The summed E-state index contributed by atoms with van der Waals surface area (Å²) in [4.78, 5) is 0. The molecule has 2 heteroatoms. The van der Waals surface area contributed by atoms with Crippen molar-refractivity contribution in [1.29, 1.82) is 0 Å². The molecule has 2 aromatic rings. The van der Waals surface area contributed by atoms with Gasteiger partial charge in [0.05, 0.1) is 0 Å². The lowest BCUT2D eigenvalue weighted by Gasteiger charge is -2.24. The number of hydrogen-bond acceptors (Lipinski definition) is 2. The fraction of sp³-hybridized carbons (Fsp3) is 0.250. The maximum atomic E-state index is 5.73. The van der Waals surface area contributed by atoms with Crippen LogP contribution >= 0.6 is 0 Å². The summed E-state index contributed by atoms with van der Waals surface area (Å²) in [5.74, 6) is 0. The van der Waals surface area contributed by atoms with Crippen molar-refractivity contribution in [3.63, 3.8) is 0 Å². The molecule has 0 aliphatic rings. The monoisotopic (exact) mass is 240 g/mol. The molecule has 0 aliphatic carbocycles. The highest BCUT2D eigenvalue weighted by atomic mass is 15.0. The first-order valence-corrected chi connectivity index (χ1v) is 6.19. The molecule has 2 aromatic carbocycles. The highest BCUT2D eigenvalue weighted by Gasteiger charge is 2.12. The zero-order valence-corrected chi connectivity index (χ0v) is 11.2. The maximum Gasteiger partial charge on any atom is 0.0423 e. The van der Waals surface area contributed by atoms with Crippen LogP contribution in [0.1, 0.15) is 20.8 Å². The zero-order valence-electron chi connectivity index (χ0n) is 11.2. The van der Waals surface area contributed by atoms with Gasteiger partial charge in [-0.15, -0.1) is 0 Å². The van der Waals surface area contributed by atoms with E-state index in [4.69, 9.17) is 5.73 Å². The van der Waals surface area contributed by atoms with Crippen LogP contribution in [0.5, 0.6) is 0 Å². The highest BCUT2D eigenvalue weighted by molar-refractivity contribution is 5.78. The van der Waals surface area contributed by atoms with E-state index in [0.29, 0.717) is 0 Å². The Bertz CT molecular complexity index is 522. The fourth-order valence-electron chi connectivity index (χ4n) is 1.91. The van der Waals surface area contributed by atoms with Crippen molar-refractivity contribution in [2.75, 3.05) is 11.1 Å². The second kappa shape index (κ2) is 4.73. The van der Waals surface area contributed by atoms with E-state index < -0.39 is 0 Å². The Balaban J connectivity index is 2.41. The lowest BCUT2D eigenvalue weighted by Crippen LogP contribution is -2.26. The van der Waals surface area contributed by atoms with Gasteiger partial charge >= 0.3 is 0 Å². The number of hydrogen-bond donors (Lipinski definition) is 2. The third kappa shape index (κ3) is 3.04. The topological polar surface area (TPSA) is 38.0 Å². The fourth-order valence-corrected chi connectivity index (χ4v) is 1.91. The second-order valence-corrected chi connectivity index (χ2v) is 5.54. The molecular weight excluding hydrogens is 220 g/mol. The molecule has 94 valence electrons. The van der Waals surface area contributed by atoms with Gasteiger partial charge in [-0.25, -0.2) is 0 Å². The van der Waals surface area contributed by atoms with Crippen LogP contribution in [-0.4, -0.2) is 5.54 Å². The predicted molar refractivity (Wildman–Crippen MR) is 79.7 cm³/mol. The first-order chi connectivity index (χ1) is 8.46. The van der Waals surface area contributed by atoms with Gasteiger partial charge in [0.1, 0.15) is 0 Å². The van der Waals surface area contributed by atoms with E-state index in [1.54, 1.807) is 0 Å². The van der Waals surface area contributed by atoms with Crippen molar-refractivity contribution in [2.24, 2.45) is 0 Å². The number of nitrogen functional groups attached to an aromatic ring is 1. The Morgan fingerprint density at radius 3 is 2.11 bits per heavy atom. The minimum atomic E-state index is 0.0455. The molecule has 2 nitrogen and oxygen atoms in total. The van der Waals surface area contributed by atoms with Crippen LogP contribution in [-0.2, 0) is 0 Å². The molecule has 0 unspecified atom stereocenters. The van der Waals surface area contributed by atoms with Gasteiger partial charge < -0.3 is 11.1 Å². The maximum absolute atomic E-state index is 5.73. The van der Waals surface area contributed by atoms with Gasteiger partial charge in [-0.05, 0) is 44.5 Å². The molecule has 3 N–H and O–H groups in total. The molecule has 0 spiro atoms. The first kappa shape index (κ1) is 12.5. The average molecular weight is 240 g/mol. The lowest BCUT2D eigenvalue weighted by atomic mass is 10.0. The molecule has 0 atom stereocenters. The standard InChI is InChI=1S/C16H20N2/c1-16(2,3)18-15-7-5-4-6-14(15)12-8-10-13(17)11-9-12/h4-11,18H,17H2,1-3H3. The van der Waals surface area contributed by atoms with Crippen molar-refractivity contribution < 1.29 is 0 Å². The Hall–Kier alpha value is -1.96. The largest absolute Gasteiger partial charge is 0.399 e. The Morgan fingerprint density at radius 2 is 1.50 bits per heavy atom. The van der Waals surface area contributed by atoms with Crippen molar-refractivity contribution in [1.82, 2.24) is 0 Å². The molecule has 0 saturated carbocycles. The number of nitrogens with two attached hydrogens (primary N) is 1. The normalized spacial score (nSPS) is 11.3. The first-order valence-electron chi connectivity index (χ1n) is 6.19. The van der Waals surface area contributed by atoms with Crippen LogP contribution in [0.25, 0.3) is 11.1 Å². The molecule has 0 bridgehead atoms. The summed E-state index contributed by atoms with van der Waals surface area (Å²) in [5, 5.41) is 3.53. The molecular formula is C16H20N2. The van der Waals surface area contributed by atoms with Gasteiger partial charge in [0.15, 0.2) is 0 Å². The van der Waals surface area contributed by atoms with Gasteiger partial charge in [0.25, 0.3) is 0 Å². The van der Waals surface area contributed by atoms with Crippen LogP contribution < -0.4 is 11.1 Å². The van der Waals surface area contributed by atoms with Crippen LogP contribution in [0.3, 0.4) is 0 Å². The molecule has 0 saturated heterocycles. The lowest BCUT2D eigenvalue weighted by molar-refractivity contribution is 0.634. The molecule has 0 radical (unpaired) electrons. The van der Waals surface area contributed by atoms with Gasteiger partial charge in [-0.3, -0.25) is 0 Å². The van der Waals surface area contributed by atoms with Gasteiger partial charge in [0.2, 0.25) is 0 Å². The molecule has 18 heavy (non-hydrogen) atoms. The number of anilines is 2. The number of rotatable bonds is 2. The van der Waals surface area contributed by atoms with Crippen LogP contribution in [0, 0.1) is 0 Å². The third-order valence-electron chi connectivity index (χ3n) is 2.66. The van der Waals surface area contributed by atoms with E-state index in [-0.39, 0.29) is 5.54 Å². The minimum Gasteiger partial charge on any atom is -0.399 e. The third-order valence-corrected chi connectivity index (χ3v) is 2.66. The summed E-state index contributed by atoms with van der Waals surface area (Å²) in [5.41, 5.74) is 10.1. The van der Waals surface area contributed by atoms with E-state index in [0.717, 1.165) is 11.4 Å². The van der Waals surface area contributed by atoms with Crippen molar-refractivity contribution in [3.8, 4) is 11.1 Å². The van der Waals surface area contributed by atoms with E-state index in [1.165, 1.54) is 11.1 Å². The molecule has 0 fully saturated rings. The molecule has 0 heterocycles. The smallest absolute Gasteiger partial charge is 0.0423 e. The van der Waals surface area contributed by atoms with E-state index in [2.05, 4.69) is 62.5 Å². The van der Waals surface area contributed by atoms with Crippen molar-refractivity contribution >= 4 is 11.4 Å². The highest BCUT2D eigenvalue weighted by Crippen LogP contribution is 2.30. The van der Waals surface area contributed by atoms with Crippen LogP contribution in [0.4, 0.5) is 11.4 Å². The molecule has 0 aromatic heterocycles. The van der Waals surface area contributed by atoms with E-state index in [9.17, 15) is 0 Å². The summed E-state index contributed by atoms with van der Waals surface area (Å²) in [6.45, 7) is 6.48. The number of benzene rings is 2. The van der Waals surface area contributed by atoms with Crippen molar-refractivity contribution in [2.45, 2.75) is 26.3 Å². The van der Waals surface area contributed by atoms with E-state index in [1.807, 2.05) is 12.1 Å². The van der Waals surface area contributed by atoms with Crippen LogP contribution in [0.2, 0.25) is 0 Å². The molecule has 2 rings (SSSR count). The zero-order chi connectivity index (χ0) is 13.2. The second-order valence-electron chi connectivity index (χ2n) is 5.54. The minimum absolute atomic E-state index is 0.0455. The number of nitrogens with one attached hydrogen (secondary N) is 1. The predicted octanol–water partition coefficient (Wildman–Crippen LogP) is 4.15.